The van der Waals surface area contributed by atoms with E-state index in [4.69, 9.17) is 14.1 Å². The van der Waals surface area contributed by atoms with Gasteiger partial charge >= 0.3 is 12.3 Å². The Kier molecular flexibility index (Phi) is 8.57. The number of para-hydroxylation sites is 1. The van der Waals surface area contributed by atoms with E-state index in [0.29, 0.717) is 28.3 Å². The number of aromatic carboxylic acids is 1. The number of oxime groups is 1. The normalized spacial score (nSPS) is 13.3. The molecule has 0 aliphatic heterocycles. The highest BCUT2D eigenvalue weighted by atomic mass is 19.4. The fraction of sp³-hybridized carbons (Fsp3) is 0.250. The van der Waals surface area contributed by atoms with Crippen molar-refractivity contribution in [3.05, 3.63) is 99.8 Å². The Bertz CT molecular complexity index is 1770. The van der Waals surface area contributed by atoms with Crippen molar-refractivity contribution in [3.63, 3.8) is 0 Å². The molecule has 3 aromatic carbocycles. The number of nitriles is 1. The molecular formula is C32H26F3N3O6. The quantitative estimate of drug-likeness (QED) is 0.137. The molecule has 9 nitrogen and oxygen atoms in total. The van der Waals surface area contributed by atoms with Crippen molar-refractivity contribution in [3.8, 4) is 28.8 Å². The maximum absolute atomic E-state index is 13.1. The van der Waals surface area contributed by atoms with Crippen LogP contribution in [0, 0.1) is 18.3 Å². The molecule has 226 valence electrons. The molecule has 1 heterocycles. The van der Waals surface area contributed by atoms with Crippen LogP contribution in [0.25, 0.3) is 11.3 Å². The van der Waals surface area contributed by atoms with E-state index in [1.54, 1.807) is 25.1 Å². The lowest BCUT2D eigenvalue weighted by Crippen LogP contribution is -2.17. The van der Waals surface area contributed by atoms with Gasteiger partial charge in [0.2, 0.25) is 0 Å². The monoisotopic (exact) mass is 605 g/mol. The van der Waals surface area contributed by atoms with Gasteiger partial charge in [-0.3, -0.25) is 0 Å². The molecule has 0 amide bonds. The summed E-state index contributed by atoms with van der Waals surface area (Å²) in [5.41, 5.74) is 3.70. The van der Waals surface area contributed by atoms with Crippen molar-refractivity contribution in [1.82, 2.24) is 5.16 Å². The van der Waals surface area contributed by atoms with Crippen molar-refractivity contribution in [1.29, 1.82) is 5.26 Å². The summed E-state index contributed by atoms with van der Waals surface area (Å²) in [7, 11) is 0. The lowest BCUT2D eigenvalue weighted by Gasteiger charge is -2.14. The molecule has 0 spiro atoms. The number of carboxylic acid groups (broad SMARTS) is 1. The molecule has 1 N–H and O–H groups in total. The van der Waals surface area contributed by atoms with Gasteiger partial charge < -0.3 is 23.9 Å². The predicted molar refractivity (Wildman–Crippen MR) is 151 cm³/mol. The highest BCUT2D eigenvalue weighted by Crippen LogP contribution is 2.45. The van der Waals surface area contributed by atoms with Gasteiger partial charge in [0, 0.05) is 17.0 Å². The van der Waals surface area contributed by atoms with Gasteiger partial charge in [-0.15, -0.1) is 13.2 Å². The number of ether oxygens (including phenoxy) is 2. The number of nitrogens with zero attached hydrogens (tertiary/aromatic N) is 3. The smallest absolute Gasteiger partial charge is 0.488 e. The molecular weight excluding hydrogens is 579 g/mol. The highest BCUT2D eigenvalue weighted by molar-refractivity contribution is 5.98. The summed E-state index contributed by atoms with van der Waals surface area (Å²) in [6.07, 6.45) is -3.09. The van der Waals surface area contributed by atoms with Gasteiger partial charge in [-0.1, -0.05) is 22.4 Å². The third-order valence-corrected chi connectivity index (χ3v) is 6.99. The van der Waals surface area contributed by atoms with E-state index in [9.17, 15) is 28.3 Å². The summed E-state index contributed by atoms with van der Waals surface area (Å²) >= 11 is 0. The standard InChI is InChI=1S/C32H26F3N3O6/c1-18-13-21(19(2)37-42-16-24-14-22(31(39)40)9-10-23(24)15-36)11-12-27(18)41-17-26-29(38-44-30(26)20-7-8-20)25-5-3-4-6-28(25)43-32(33,34)35/h3-6,9-14,20H,7-8,16-17H2,1-2H3,(H,39,40)/b37-19+. The van der Waals surface area contributed by atoms with Crippen molar-refractivity contribution in [2.75, 3.05) is 0 Å². The van der Waals surface area contributed by atoms with Crippen LogP contribution in [0.4, 0.5) is 13.2 Å². The van der Waals surface area contributed by atoms with E-state index in [1.165, 1.54) is 36.4 Å². The molecule has 1 aromatic heterocycles. The molecule has 5 rings (SSSR count). The Balaban J connectivity index is 1.31. The van der Waals surface area contributed by atoms with Crippen LogP contribution in [0.15, 0.2) is 70.3 Å². The van der Waals surface area contributed by atoms with Crippen molar-refractivity contribution < 1.29 is 41.9 Å². The number of carboxylic acids is 1. The number of hydrogen-bond acceptors (Lipinski definition) is 8. The molecule has 12 heteroatoms. The Labute approximate surface area is 250 Å². The van der Waals surface area contributed by atoms with Crippen LogP contribution in [0.5, 0.6) is 11.5 Å². The minimum Gasteiger partial charge on any atom is -0.488 e. The number of aryl methyl sites for hydroxylation is 1. The Hall–Kier alpha value is -5.31. The summed E-state index contributed by atoms with van der Waals surface area (Å²) in [5, 5.41) is 26.8. The molecule has 0 unspecified atom stereocenters. The van der Waals surface area contributed by atoms with Gasteiger partial charge in [0.05, 0.1) is 28.5 Å². The van der Waals surface area contributed by atoms with Gasteiger partial charge in [0.1, 0.15) is 36.2 Å². The van der Waals surface area contributed by atoms with Crippen molar-refractivity contribution >= 4 is 11.7 Å². The molecule has 1 fully saturated rings. The molecule has 0 atom stereocenters. The van der Waals surface area contributed by atoms with E-state index >= 15 is 0 Å². The molecule has 0 radical (unpaired) electrons. The number of rotatable bonds is 11. The number of aromatic nitrogens is 1. The second-order valence-corrected chi connectivity index (χ2v) is 10.2. The van der Waals surface area contributed by atoms with Crippen LogP contribution in [0.1, 0.15) is 69.6 Å². The van der Waals surface area contributed by atoms with Crippen LogP contribution in [0.3, 0.4) is 0 Å². The maximum atomic E-state index is 13.1. The molecule has 0 bridgehead atoms. The zero-order chi connectivity index (χ0) is 31.4. The lowest BCUT2D eigenvalue weighted by atomic mass is 10.0. The summed E-state index contributed by atoms with van der Waals surface area (Å²) in [4.78, 5) is 16.7. The summed E-state index contributed by atoms with van der Waals surface area (Å²) in [6, 6.07) is 17.3. The van der Waals surface area contributed by atoms with Crippen molar-refractivity contribution in [2.24, 2.45) is 5.16 Å². The largest absolute Gasteiger partial charge is 0.573 e. The van der Waals surface area contributed by atoms with E-state index in [2.05, 4.69) is 15.0 Å². The molecule has 1 aliphatic rings. The van der Waals surface area contributed by atoms with Crippen LogP contribution in [-0.4, -0.2) is 28.3 Å². The number of benzene rings is 3. The van der Waals surface area contributed by atoms with Gasteiger partial charge in [0.25, 0.3) is 0 Å². The van der Waals surface area contributed by atoms with Gasteiger partial charge in [-0.05, 0) is 86.3 Å². The average Bonchev–Trinajstić information content (AvgIpc) is 3.75. The first-order chi connectivity index (χ1) is 21.0. The van der Waals surface area contributed by atoms with Crippen LogP contribution in [-0.2, 0) is 18.1 Å². The van der Waals surface area contributed by atoms with Gasteiger partial charge in [0.15, 0.2) is 0 Å². The second-order valence-electron chi connectivity index (χ2n) is 10.2. The number of carbonyl (C=O) groups is 1. The maximum Gasteiger partial charge on any atom is 0.573 e. The predicted octanol–water partition coefficient (Wildman–Crippen LogP) is 7.52. The molecule has 1 aliphatic carbocycles. The van der Waals surface area contributed by atoms with E-state index < -0.39 is 12.3 Å². The highest BCUT2D eigenvalue weighted by Gasteiger charge is 2.36. The SMILES string of the molecule is C/C(=N\OCc1cc(C(=O)O)ccc1C#N)c1ccc(OCc2c(-c3ccccc3OC(F)(F)F)noc2C2CC2)c(C)c1. The topological polar surface area (TPSA) is 127 Å². The Morgan fingerprint density at radius 2 is 1.84 bits per heavy atom. The molecule has 0 saturated heterocycles. The Morgan fingerprint density at radius 3 is 2.52 bits per heavy atom. The summed E-state index contributed by atoms with van der Waals surface area (Å²) in [6.45, 7) is 3.49. The van der Waals surface area contributed by atoms with E-state index in [1.807, 2.05) is 19.1 Å². The first-order valence-corrected chi connectivity index (χ1v) is 13.5. The van der Waals surface area contributed by atoms with Gasteiger partial charge in [-0.25, -0.2) is 4.79 Å². The first-order valence-electron chi connectivity index (χ1n) is 13.5. The first kappa shape index (κ1) is 30.2. The summed E-state index contributed by atoms with van der Waals surface area (Å²) in [5.74, 6) is -0.237. The second kappa shape index (κ2) is 12.5. The summed E-state index contributed by atoms with van der Waals surface area (Å²) < 4.78 is 55.1. The van der Waals surface area contributed by atoms with Crippen molar-refractivity contribution in [2.45, 2.75) is 52.2 Å². The zero-order valence-electron chi connectivity index (χ0n) is 23.6. The zero-order valence-corrected chi connectivity index (χ0v) is 23.6. The third-order valence-electron chi connectivity index (χ3n) is 6.99. The number of alkyl halides is 3. The third kappa shape index (κ3) is 7.00. The van der Waals surface area contributed by atoms with Crippen LogP contribution >= 0.6 is 0 Å². The number of halogens is 3. The fourth-order valence-electron chi connectivity index (χ4n) is 4.61. The molecule has 1 saturated carbocycles. The van der Waals surface area contributed by atoms with Crippen LogP contribution < -0.4 is 9.47 Å². The number of hydrogen-bond donors (Lipinski definition) is 1. The minimum atomic E-state index is -4.87. The lowest BCUT2D eigenvalue weighted by molar-refractivity contribution is -0.274. The Morgan fingerprint density at radius 1 is 1.09 bits per heavy atom. The molecule has 44 heavy (non-hydrogen) atoms. The molecule has 4 aromatic rings. The average molecular weight is 606 g/mol. The van der Waals surface area contributed by atoms with Gasteiger partial charge in [-0.2, -0.15) is 5.26 Å². The van der Waals surface area contributed by atoms with E-state index in [0.717, 1.165) is 24.0 Å². The van der Waals surface area contributed by atoms with E-state index in [-0.39, 0.29) is 47.3 Å². The fourth-order valence-corrected chi connectivity index (χ4v) is 4.61. The minimum absolute atomic E-state index is 0.0119. The van der Waals surface area contributed by atoms with Crippen LogP contribution in [0.2, 0.25) is 0 Å².